The smallest absolute Gasteiger partial charge is 0.0316 e. The summed E-state index contributed by atoms with van der Waals surface area (Å²) in [6.07, 6.45) is 2.62. The summed E-state index contributed by atoms with van der Waals surface area (Å²) in [6, 6.07) is 0. The summed E-state index contributed by atoms with van der Waals surface area (Å²) in [7, 11) is 0. The molecule has 2 atom stereocenters. The van der Waals surface area contributed by atoms with Crippen LogP contribution in [0.25, 0.3) is 0 Å². The number of likely N-dealkylation sites (tertiary alicyclic amines) is 1. The van der Waals surface area contributed by atoms with Crippen molar-refractivity contribution in [2.75, 3.05) is 19.6 Å². The first-order valence-electron chi connectivity index (χ1n) is 4.26. The summed E-state index contributed by atoms with van der Waals surface area (Å²) in [6.45, 7) is 5.81. The Labute approximate surface area is 62.4 Å². The SMILES string of the molecule is CCN1CCC2CC2(N)C1. The first-order valence-corrected chi connectivity index (χ1v) is 4.26. The molecule has 58 valence electrons. The summed E-state index contributed by atoms with van der Waals surface area (Å²) in [5, 5.41) is 0. The fourth-order valence-electron chi connectivity index (χ4n) is 2.09. The van der Waals surface area contributed by atoms with E-state index in [0.29, 0.717) is 0 Å². The molecule has 2 fully saturated rings. The Bertz CT molecular complexity index is 146. The van der Waals surface area contributed by atoms with Gasteiger partial charge in [-0.3, -0.25) is 0 Å². The maximum atomic E-state index is 6.08. The van der Waals surface area contributed by atoms with Crippen molar-refractivity contribution < 1.29 is 0 Å². The summed E-state index contributed by atoms with van der Waals surface area (Å²) in [5.74, 6) is 0.871. The third-order valence-corrected chi connectivity index (χ3v) is 3.04. The number of hydrogen-bond donors (Lipinski definition) is 1. The fourth-order valence-corrected chi connectivity index (χ4v) is 2.09. The van der Waals surface area contributed by atoms with Crippen LogP contribution in [0.1, 0.15) is 19.8 Å². The lowest BCUT2D eigenvalue weighted by atomic mass is 10.1. The zero-order valence-electron chi connectivity index (χ0n) is 6.64. The molecular formula is C8H16N2. The topological polar surface area (TPSA) is 29.3 Å². The van der Waals surface area contributed by atoms with Crippen LogP contribution >= 0.6 is 0 Å². The molecule has 10 heavy (non-hydrogen) atoms. The number of hydrogen-bond acceptors (Lipinski definition) is 2. The highest BCUT2D eigenvalue weighted by atomic mass is 15.2. The van der Waals surface area contributed by atoms with Crippen LogP contribution in [0.5, 0.6) is 0 Å². The third kappa shape index (κ3) is 0.867. The molecule has 2 aliphatic rings. The van der Waals surface area contributed by atoms with Crippen LogP contribution in [0.2, 0.25) is 0 Å². The van der Waals surface area contributed by atoms with Gasteiger partial charge in [0, 0.05) is 12.1 Å². The molecule has 1 aliphatic heterocycles. The molecule has 2 rings (SSSR count). The van der Waals surface area contributed by atoms with Gasteiger partial charge in [-0.2, -0.15) is 0 Å². The van der Waals surface area contributed by atoms with E-state index in [4.69, 9.17) is 5.73 Å². The maximum absolute atomic E-state index is 6.08. The lowest BCUT2D eigenvalue weighted by molar-refractivity contribution is 0.213. The van der Waals surface area contributed by atoms with Gasteiger partial charge >= 0.3 is 0 Å². The Morgan fingerprint density at radius 3 is 3.10 bits per heavy atom. The van der Waals surface area contributed by atoms with Gasteiger partial charge in [-0.1, -0.05) is 6.92 Å². The van der Waals surface area contributed by atoms with Gasteiger partial charge in [0.15, 0.2) is 0 Å². The minimum atomic E-state index is 0.244. The molecule has 1 saturated carbocycles. The van der Waals surface area contributed by atoms with E-state index in [1.54, 1.807) is 0 Å². The lowest BCUT2D eigenvalue weighted by Gasteiger charge is -2.29. The number of rotatable bonds is 1. The van der Waals surface area contributed by atoms with Gasteiger partial charge in [-0.05, 0) is 31.8 Å². The molecule has 0 amide bonds. The molecule has 2 unspecified atom stereocenters. The van der Waals surface area contributed by atoms with Gasteiger partial charge in [-0.25, -0.2) is 0 Å². The zero-order valence-corrected chi connectivity index (χ0v) is 6.64. The normalized spacial score (nSPS) is 46.8. The Kier molecular flexibility index (Phi) is 1.29. The largest absolute Gasteiger partial charge is 0.324 e. The summed E-state index contributed by atoms with van der Waals surface area (Å²) in [4.78, 5) is 2.46. The van der Waals surface area contributed by atoms with E-state index in [9.17, 15) is 0 Å². The predicted molar refractivity (Wildman–Crippen MR) is 41.8 cm³/mol. The van der Waals surface area contributed by atoms with Crippen LogP contribution < -0.4 is 5.73 Å². The average molecular weight is 140 g/mol. The van der Waals surface area contributed by atoms with Gasteiger partial charge in [0.2, 0.25) is 0 Å². The van der Waals surface area contributed by atoms with Gasteiger partial charge in [0.05, 0.1) is 0 Å². The zero-order chi connectivity index (χ0) is 7.19. The van der Waals surface area contributed by atoms with Crippen molar-refractivity contribution in [1.29, 1.82) is 0 Å². The Morgan fingerprint density at radius 2 is 2.50 bits per heavy atom. The van der Waals surface area contributed by atoms with Crippen molar-refractivity contribution in [2.24, 2.45) is 11.7 Å². The second kappa shape index (κ2) is 1.95. The van der Waals surface area contributed by atoms with Gasteiger partial charge < -0.3 is 10.6 Å². The Hall–Kier alpha value is -0.0800. The minimum Gasteiger partial charge on any atom is -0.324 e. The number of piperidine rings is 1. The minimum absolute atomic E-state index is 0.244. The van der Waals surface area contributed by atoms with Crippen molar-refractivity contribution in [2.45, 2.75) is 25.3 Å². The van der Waals surface area contributed by atoms with Crippen LogP contribution in [-0.4, -0.2) is 30.1 Å². The Morgan fingerprint density at radius 1 is 1.70 bits per heavy atom. The van der Waals surface area contributed by atoms with E-state index in [1.807, 2.05) is 0 Å². The Balaban J connectivity index is 1.96. The highest BCUT2D eigenvalue weighted by molar-refractivity contribution is 5.11. The van der Waals surface area contributed by atoms with E-state index in [1.165, 1.54) is 25.9 Å². The highest BCUT2D eigenvalue weighted by Gasteiger charge is 2.53. The standard InChI is InChI=1S/C8H16N2/c1-2-10-4-3-7-5-8(7,9)6-10/h7H,2-6,9H2,1H3. The van der Waals surface area contributed by atoms with Crippen LogP contribution in [0, 0.1) is 5.92 Å². The van der Waals surface area contributed by atoms with Crippen LogP contribution in [0.3, 0.4) is 0 Å². The summed E-state index contributed by atoms with van der Waals surface area (Å²) in [5.41, 5.74) is 6.32. The molecule has 2 N–H and O–H groups in total. The fraction of sp³-hybridized carbons (Fsp3) is 1.00. The molecule has 0 radical (unpaired) electrons. The van der Waals surface area contributed by atoms with Crippen LogP contribution in [0.15, 0.2) is 0 Å². The van der Waals surface area contributed by atoms with E-state index >= 15 is 0 Å². The molecule has 1 heterocycles. The molecule has 1 saturated heterocycles. The van der Waals surface area contributed by atoms with Crippen LogP contribution in [0.4, 0.5) is 0 Å². The lowest BCUT2D eigenvalue weighted by Crippen LogP contribution is -2.45. The quantitative estimate of drug-likeness (QED) is 0.572. The van der Waals surface area contributed by atoms with Crippen molar-refractivity contribution in [3.8, 4) is 0 Å². The number of nitrogens with two attached hydrogens (primary N) is 1. The summed E-state index contributed by atoms with van der Waals surface area (Å²) < 4.78 is 0. The molecule has 0 bridgehead atoms. The molecule has 2 nitrogen and oxygen atoms in total. The molecule has 0 aromatic rings. The van der Waals surface area contributed by atoms with Gasteiger partial charge in [-0.15, -0.1) is 0 Å². The third-order valence-electron chi connectivity index (χ3n) is 3.04. The van der Waals surface area contributed by atoms with Crippen LogP contribution in [-0.2, 0) is 0 Å². The highest BCUT2D eigenvalue weighted by Crippen LogP contribution is 2.46. The van der Waals surface area contributed by atoms with E-state index < -0.39 is 0 Å². The van der Waals surface area contributed by atoms with Crippen molar-refractivity contribution in [3.63, 3.8) is 0 Å². The molecule has 0 aromatic carbocycles. The number of fused-ring (bicyclic) bond motifs is 1. The van der Waals surface area contributed by atoms with E-state index in [-0.39, 0.29) is 5.54 Å². The number of nitrogens with zero attached hydrogens (tertiary/aromatic N) is 1. The molecule has 1 aliphatic carbocycles. The summed E-state index contributed by atoms with van der Waals surface area (Å²) >= 11 is 0. The van der Waals surface area contributed by atoms with Crippen molar-refractivity contribution in [3.05, 3.63) is 0 Å². The molecule has 2 heteroatoms. The maximum Gasteiger partial charge on any atom is 0.0316 e. The van der Waals surface area contributed by atoms with Gasteiger partial charge in [0.1, 0.15) is 0 Å². The molecular weight excluding hydrogens is 124 g/mol. The van der Waals surface area contributed by atoms with E-state index in [0.717, 1.165) is 12.5 Å². The van der Waals surface area contributed by atoms with Crippen molar-refractivity contribution >= 4 is 0 Å². The molecule has 0 aromatic heterocycles. The monoisotopic (exact) mass is 140 g/mol. The van der Waals surface area contributed by atoms with E-state index in [2.05, 4.69) is 11.8 Å². The van der Waals surface area contributed by atoms with Gasteiger partial charge in [0.25, 0.3) is 0 Å². The second-order valence-electron chi connectivity index (χ2n) is 3.79. The first-order chi connectivity index (χ1) is 4.74. The second-order valence-corrected chi connectivity index (χ2v) is 3.79. The first kappa shape index (κ1) is 6.62. The average Bonchev–Trinajstić information content (AvgIpc) is 2.58. The van der Waals surface area contributed by atoms with Crippen molar-refractivity contribution in [1.82, 2.24) is 4.90 Å². The number of likely N-dealkylation sites (N-methyl/N-ethyl adjacent to an activating group) is 1. The molecule has 0 spiro atoms. The predicted octanol–water partition coefficient (Wildman–Crippen LogP) is 0.429.